The van der Waals surface area contributed by atoms with E-state index >= 15 is 0 Å². The summed E-state index contributed by atoms with van der Waals surface area (Å²) in [5.74, 6) is 0. The van der Waals surface area contributed by atoms with Crippen molar-refractivity contribution in [3.8, 4) is 0 Å². The summed E-state index contributed by atoms with van der Waals surface area (Å²) in [4.78, 5) is 0. The first-order valence-electron chi connectivity index (χ1n) is 7.75. The maximum atomic E-state index is 5.95. The van der Waals surface area contributed by atoms with Crippen LogP contribution < -0.4 is 5.32 Å². The summed E-state index contributed by atoms with van der Waals surface area (Å²) in [6, 6.07) is 10.8. The van der Waals surface area contributed by atoms with Gasteiger partial charge in [-0.15, -0.1) is 0 Å². The average molecular weight is 275 g/mol. The van der Waals surface area contributed by atoms with Gasteiger partial charge in [-0.3, -0.25) is 5.32 Å². The van der Waals surface area contributed by atoms with Crippen molar-refractivity contribution in [1.29, 1.82) is 0 Å². The normalized spacial score (nSPS) is 29.4. The molecular formula is C18H29NO. The van der Waals surface area contributed by atoms with Crippen LogP contribution in [0.25, 0.3) is 0 Å². The number of ether oxygens (including phenoxy) is 1. The third-order valence-corrected chi connectivity index (χ3v) is 4.36. The fraction of sp³-hybridized carbons (Fsp3) is 0.667. The van der Waals surface area contributed by atoms with E-state index in [-0.39, 0.29) is 16.7 Å². The molecule has 1 fully saturated rings. The van der Waals surface area contributed by atoms with Gasteiger partial charge in [-0.25, -0.2) is 0 Å². The van der Waals surface area contributed by atoms with Crippen molar-refractivity contribution in [2.24, 2.45) is 5.41 Å². The maximum Gasteiger partial charge on any atom is 0.126 e. The molecule has 1 aliphatic rings. The van der Waals surface area contributed by atoms with Gasteiger partial charge in [0.15, 0.2) is 0 Å². The van der Waals surface area contributed by atoms with Gasteiger partial charge in [0.25, 0.3) is 0 Å². The zero-order valence-corrected chi connectivity index (χ0v) is 13.6. The van der Waals surface area contributed by atoms with Crippen molar-refractivity contribution in [2.75, 3.05) is 7.11 Å². The molecule has 0 bridgehead atoms. The van der Waals surface area contributed by atoms with Crippen LogP contribution in [0.1, 0.15) is 52.5 Å². The SMILES string of the molecule is CCCC1(Cc2ccccc2)CC1(NC(C)(C)C)OC. The average Bonchev–Trinajstić information content (AvgIpc) is 2.95. The number of rotatable bonds is 6. The first-order valence-corrected chi connectivity index (χ1v) is 7.75. The lowest BCUT2D eigenvalue weighted by Gasteiger charge is -2.33. The molecule has 2 heteroatoms. The van der Waals surface area contributed by atoms with Crippen LogP contribution in [-0.2, 0) is 11.2 Å². The van der Waals surface area contributed by atoms with E-state index in [0.29, 0.717) is 0 Å². The minimum Gasteiger partial charge on any atom is -0.363 e. The minimum absolute atomic E-state index is 0.0716. The Morgan fingerprint density at radius 1 is 1.20 bits per heavy atom. The van der Waals surface area contributed by atoms with Gasteiger partial charge >= 0.3 is 0 Å². The fourth-order valence-corrected chi connectivity index (χ4v) is 3.60. The van der Waals surface area contributed by atoms with Crippen molar-refractivity contribution < 1.29 is 4.74 Å². The molecule has 0 radical (unpaired) electrons. The van der Waals surface area contributed by atoms with E-state index in [4.69, 9.17) is 4.74 Å². The Bertz CT molecular complexity index is 436. The van der Waals surface area contributed by atoms with Gasteiger partial charge in [-0.2, -0.15) is 0 Å². The number of benzene rings is 1. The van der Waals surface area contributed by atoms with Crippen LogP contribution in [0.15, 0.2) is 30.3 Å². The second-order valence-corrected chi connectivity index (χ2v) is 7.28. The Kier molecular flexibility index (Phi) is 4.27. The van der Waals surface area contributed by atoms with E-state index in [9.17, 15) is 0 Å². The lowest BCUT2D eigenvalue weighted by Crippen LogP contribution is -2.50. The molecule has 2 rings (SSSR count). The van der Waals surface area contributed by atoms with Gasteiger partial charge in [0, 0.05) is 24.5 Å². The quantitative estimate of drug-likeness (QED) is 0.787. The van der Waals surface area contributed by atoms with Crippen LogP contribution in [0.3, 0.4) is 0 Å². The molecule has 0 aliphatic heterocycles. The van der Waals surface area contributed by atoms with E-state index in [0.717, 1.165) is 12.8 Å². The van der Waals surface area contributed by atoms with Gasteiger partial charge in [0.05, 0.1) is 0 Å². The van der Waals surface area contributed by atoms with Crippen LogP contribution in [0, 0.1) is 5.41 Å². The van der Waals surface area contributed by atoms with Crippen LogP contribution in [0.4, 0.5) is 0 Å². The van der Waals surface area contributed by atoms with Crippen LogP contribution >= 0.6 is 0 Å². The Morgan fingerprint density at radius 3 is 2.35 bits per heavy atom. The van der Waals surface area contributed by atoms with Crippen molar-refractivity contribution in [1.82, 2.24) is 5.32 Å². The zero-order chi connectivity index (χ0) is 14.9. The molecule has 112 valence electrons. The molecule has 0 amide bonds. The number of hydrogen-bond acceptors (Lipinski definition) is 2. The Labute approximate surface area is 123 Å². The summed E-state index contributed by atoms with van der Waals surface area (Å²) in [7, 11) is 1.85. The van der Waals surface area contributed by atoms with Crippen LogP contribution in [-0.4, -0.2) is 18.4 Å². The number of methoxy groups -OCH3 is 1. The second-order valence-electron chi connectivity index (χ2n) is 7.28. The standard InChI is InChI=1S/C18H29NO/c1-6-12-17(13-15-10-8-7-9-11-15)14-18(17,20-5)19-16(2,3)4/h7-11,19H,6,12-14H2,1-5H3. The molecule has 2 unspecified atom stereocenters. The first kappa shape index (κ1) is 15.5. The highest BCUT2D eigenvalue weighted by Crippen LogP contribution is 2.62. The molecule has 2 nitrogen and oxygen atoms in total. The predicted octanol–water partition coefficient (Wildman–Crippen LogP) is 4.15. The molecule has 0 saturated heterocycles. The Hall–Kier alpha value is -0.860. The molecule has 1 aromatic carbocycles. The monoisotopic (exact) mass is 275 g/mol. The molecule has 1 N–H and O–H groups in total. The van der Waals surface area contributed by atoms with E-state index < -0.39 is 0 Å². The highest BCUT2D eigenvalue weighted by molar-refractivity contribution is 5.25. The van der Waals surface area contributed by atoms with Gasteiger partial charge < -0.3 is 4.74 Å². The lowest BCUT2D eigenvalue weighted by atomic mass is 9.89. The molecule has 0 heterocycles. The number of hydrogen-bond donors (Lipinski definition) is 1. The summed E-state index contributed by atoms with van der Waals surface area (Å²) in [5.41, 5.74) is 1.57. The van der Waals surface area contributed by atoms with E-state index in [1.54, 1.807) is 0 Å². The van der Waals surface area contributed by atoms with Gasteiger partial charge in [-0.05, 0) is 39.2 Å². The molecule has 1 aromatic rings. The Morgan fingerprint density at radius 2 is 1.85 bits per heavy atom. The molecule has 1 saturated carbocycles. The summed E-state index contributed by atoms with van der Waals surface area (Å²) in [6.45, 7) is 8.91. The zero-order valence-electron chi connectivity index (χ0n) is 13.6. The summed E-state index contributed by atoms with van der Waals surface area (Å²) in [5, 5.41) is 3.73. The molecule has 0 spiro atoms. The molecule has 20 heavy (non-hydrogen) atoms. The van der Waals surface area contributed by atoms with Crippen molar-refractivity contribution in [3.05, 3.63) is 35.9 Å². The topological polar surface area (TPSA) is 21.3 Å². The number of nitrogens with one attached hydrogen (secondary N) is 1. The van der Waals surface area contributed by atoms with Gasteiger partial charge in [-0.1, -0.05) is 43.7 Å². The van der Waals surface area contributed by atoms with Crippen molar-refractivity contribution in [2.45, 2.75) is 64.6 Å². The van der Waals surface area contributed by atoms with Gasteiger partial charge in [0.1, 0.15) is 5.72 Å². The predicted molar refractivity (Wildman–Crippen MR) is 84.7 cm³/mol. The molecular weight excluding hydrogens is 246 g/mol. The van der Waals surface area contributed by atoms with E-state index in [1.165, 1.54) is 18.4 Å². The smallest absolute Gasteiger partial charge is 0.126 e. The van der Waals surface area contributed by atoms with Crippen LogP contribution in [0.5, 0.6) is 0 Å². The van der Waals surface area contributed by atoms with E-state index in [2.05, 4.69) is 63.3 Å². The Balaban J connectivity index is 2.20. The second kappa shape index (κ2) is 5.50. The fourth-order valence-electron chi connectivity index (χ4n) is 3.60. The molecule has 2 atom stereocenters. The lowest BCUT2D eigenvalue weighted by molar-refractivity contribution is -0.00952. The maximum absolute atomic E-state index is 5.95. The summed E-state index contributed by atoms with van der Waals surface area (Å²) in [6.07, 6.45) is 4.61. The largest absolute Gasteiger partial charge is 0.363 e. The van der Waals surface area contributed by atoms with Gasteiger partial charge in [0.2, 0.25) is 0 Å². The third-order valence-electron chi connectivity index (χ3n) is 4.36. The van der Waals surface area contributed by atoms with E-state index in [1.807, 2.05) is 7.11 Å². The minimum atomic E-state index is -0.156. The summed E-state index contributed by atoms with van der Waals surface area (Å²) >= 11 is 0. The first-order chi connectivity index (χ1) is 9.36. The van der Waals surface area contributed by atoms with Crippen molar-refractivity contribution in [3.63, 3.8) is 0 Å². The summed E-state index contributed by atoms with van der Waals surface area (Å²) < 4.78 is 5.95. The highest BCUT2D eigenvalue weighted by atomic mass is 16.5. The van der Waals surface area contributed by atoms with Crippen molar-refractivity contribution >= 4 is 0 Å². The third kappa shape index (κ3) is 3.07. The highest BCUT2D eigenvalue weighted by Gasteiger charge is 2.68. The molecule has 1 aliphatic carbocycles. The van der Waals surface area contributed by atoms with Crippen LogP contribution in [0.2, 0.25) is 0 Å². The molecule has 0 aromatic heterocycles.